The van der Waals surface area contributed by atoms with Gasteiger partial charge in [-0.3, -0.25) is 0 Å². The molecule has 1 aliphatic rings. The summed E-state index contributed by atoms with van der Waals surface area (Å²) in [6.07, 6.45) is 5.08. The molecule has 22 heavy (non-hydrogen) atoms. The highest BCUT2D eigenvalue weighted by molar-refractivity contribution is 5.72. The predicted octanol–water partition coefficient (Wildman–Crippen LogP) is 3.35. The van der Waals surface area contributed by atoms with Gasteiger partial charge in [0.2, 0.25) is 0 Å². The van der Waals surface area contributed by atoms with Crippen LogP contribution in [0.4, 0.5) is 5.82 Å². The maximum Gasteiger partial charge on any atom is 0.145 e. The fraction of sp³-hybridized carbons (Fsp3) is 0.444. The van der Waals surface area contributed by atoms with Crippen molar-refractivity contribution in [2.45, 2.75) is 46.0 Å². The number of fused-ring (bicyclic) bond motifs is 1. The van der Waals surface area contributed by atoms with E-state index >= 15 is 0 Å². The Morgan fingerprint density at radius 3 is 2.36 bits per heavy atom. The second-order valence-electron chi connectivity index (χ2n) is 5.73. The van der Waals surface area contributed by atoms with Crippen LogP contribution in [0.3, 0.4) is 0 Å². The number of hydrogen-bond acceptors (Lipinski definition) is 4. The Morgan fingerprint density at radius 2 is 1.73 bits per heavy atom. The quantitative estimate of drug-likeness (QED) is 0.940. The monoisotopic (exact) mass is 297 g/mol. The second-order valence-corrected chi connectivity index (χ2v) is 5.73. The summed E-state index contributed by atoms with van der Waals surface area (Å²) in [5, 5.41) is 0. The van der Waals surface area contributed by atoms with Crippen LogP contribution in [-0.2, 0) is 25.7 Å². The summed E-state index contributed by atoms with van der Waals surface area (Å²) in [4.78, 5) is 9.37. The summed E-state index contributed by atoms with van der Waals surface area (Å²) in [5.41, 5.74) is 12.6. The summed E-state index contributed by atoms with van der Waals surface area (Å²) >= 11 is 0. The van der Waals surface area contributed by atoms with Gasteiger partial charge in [-0.05, 0) is 55.4 Å². The smallest absolute Gasteiger partial charge is 0.145 e. The van der Waals surface area contributed by atoms with E-state index in [1.165, 1.54) is 17.5 Å². The number of ether oxygens (including phenoxy) is 1. The van der Waals surface area contributed by atoms with Gasteiger partial charge in [-0.2, -0.15) is 0 Å². The van der Waals surface area contributed by atoms with Crippen LogP contribution in [0.15, 0.2) is 12.1 Å². The highest BCUT2D eigenvalue weighted by Crippen LogP contribution is 2.37. The molecule has 2 aromatic rings. The van der Waals surface area contributed by atoms with E-state index in [2.05, 4.69) is 31.0 Å². The van der Waals surface area contributed by atoms with Gasteiger partial charge in [0.05, 0.1) is 24.2 Å². The van der Waals surface area contributed by atoms with E-state index in [1.54, 1.807) is 7.11 Å². The van der Waals surface area contributed by atoms with Gasteiger partial charge in [0.25, 0.3) is 0 Å². The number of aryl methyl sites for hydroxylation is 4. The van der Waals surface area contributed by atoms with Crippen LogP contribution in [0.1, 0.15) is 42.8 Å². The number of rotatable bonds is 4. The Balaban J connectivity index is 2.22. The minimum absolute atomic E-state index is 0.545. The fourth-order valence-corrected chi connectivity index (χ4v) is 3.20. The molecule has 0 amide bonds. The molecule has 0 spiro atoms. The van der Waals surface area contributed by atoms with Crippen LogP contribution >= 0.6 is 0 Å². The van der Waals surface area contributed by atoms with Crippen molar-refractivity contribution < 1.29 is 4.74 Å². The number of aromatic nitrogens is 2. The second kappa shape index (κ2) is 5.95. The van der Waals surface area contributed by atoms with Crippen molar-refractivity contribution in [2.24, 2.45) is 0 Å². The zero-order valence-electron chi connectivity index (χ0n) is 13.6. The Hall–Kier alpha value is -2.10. The summed E-state index contributed by atoms with van der Waals surface area (Å²) in [5.74, 6) is 1.43. The first-order chi connectivity index (χ1) is 10.7. The molecule has 1 aromatic carbocycles. The first-order valence-electron chi connectivity index (χ1n) is 8.03. The van der Waals surface area contributed by atoms with Gasteiger partial charge in [-0.1, -0.05) is 13.8 Å². The van der Waals surface area contributed by atoms with E-state index in [0.29, 0.717) is 5.82 Å². The number of methoxy groups -OCH3 is 1. The van der Waals surface area contributed by atoms with Crippen molar-refractivity contribution >= 4 is 5.82 Å². The number of anilines is 1. The number of nitrogens with zero attached hydrogens (tertiary/aromatic N) is 2. The van der Waals surface area contributed by atoms with Gasteiger partial charge in [-0.25, -0.2) is 9.97 Å². The highest BCUT2D eigenvalue weighted by Gasteiger charge is 2.20. The van der Waals surface area contributed by atoms with Crippen LogP contribution in [0, 0.1) is 0 Å². The van der Waals surface area contributed by atoms with Crippen molar-refractivity contribution in [1.29, 1.82) is 0 Å². The van der Waals surface area contributed by atoms with E-state index in [9.17, 15) is 0 Å². The van der Waals surface area contributed by atoms with Crippen molar-refractivity contribution in [2.75, 3.05) is 12.8 Å². The molecule has 0 atom stereocenters. The lowest BCUT2D eigenvalue weighted by atomic mass is 10.0. The lowest BCUT2D eigenvalue weighted by Gasteiger charge is -2.15. The Bertz CT molecular complexity index is 701. The van der Waals surface area contributed by atoms with E-state index < -0.39 is 0 Å². The number of nitrogen functional groups attached to an aromatic ring is 1. The average Bonchev–Trinajstić information content (AvgIpc) is 3.00. The van der Waals surface area contributed by atoms with Gasteiger partial charge < -0.3 is 10.5 Å². The van der Waals surface area contributed by atoms with Gasteiger partial charge in [0.1, 0.15) is 11.6 Å². The molecule has 116 valence electrons. The number of benzene rings is 1. The highest BCUT2D eigenvalue weighted by atomic mass is 16.5. The van der Waals surface area contributed by atoms with Crippen LogP contribution in [0.2, 0.25) is 0 Å². The van der Waals surface area contributed by atoms with Crippen molar-refractivity contribution in [3.8, 4) is 17.0 Å². The molecule has 0 unspecified atom stereocenters. The minimum atomic E-state index is 0.545. The van der Waals surface area contributed by atoms with Crippen molar-refractivity contribution in [3.63, 3.8) is 0 Å². The summed E-state index contributed by atoms with van der Waals surface area (Å²) in [6, 6.07) is 4.40. The molecule has 0 bridgehead atoms. The molecular weight excluding hydrogens is 274 g/mol. The Kier molecular flexibility index (Phi) is 4.01. The van der Waals surface area contributed by atoms with E-state index in [0.717, 1.165) is 54.1 Å². The lowest BCUT2D eigenvalue weighted by Crippen LogP contribution is -2.07. The largest absolute Gasteiger partial charge is 0.496 e. The first-order valence-corrected chi connectivity index (χ1v) is 8.03. The maximum atomic E-state index is 6.01. The molecule has 0 saturated heterocycles. The third-order valence-corrected chi connectivity index (χ3v) is 4.41. The lowest BCUT2D eigenvalue weighted by molar-refractivity contribution is 0.415. The van der Waals surface area contributed by atoms with E-state index in [-0.39, 0.29) is 0 Å². The first kappa shape index (κ1) is 14.8. The molecule has 0 saturated carbocycles. The van der Waals surface area contributed by atoms with Crippen molar-refractivity contribution in [3.05, 3.63) is 34.6 Å². The topological polar surface area (TPSA) is 61.0 Å². The van der Waals surface area contributed by atoms with Gasteiger partial charge >= 0.3 is 0 Å². The van der Waals surface area contributed by atoms with Crippen LogP contribution in [0.25, 0.3) is 11.3 Å². The summed E-state index contributed by atoms with van der Waals surface area (Å²) < 4.78 is 5.63. The SMILES string of the molecule is CCc1nc(-c2cc3c(cc2OC)CCC3)c(CC)nc1N. The standard InChI is InChI=1S/C18H23N3O/c1-4-14-17(20-15(5-2)18(19)21-14)13-9-11-7-6-8-12(11)10-16(13)22-3/h9-10H,4-8H2,1-3H3,(H2,19,21). The molecule has 4 nitrogen and oxygen atoms in total. The maximum absolute atomic E-state index is 6.01. The molecule has 4 heteroatoms. The summed E-state index contributed by atoms with van der Waals surface area (Å²) in [7, 11) is 1.72. The minimum Gasteiger partial charge on any atom is -0.496 e. The zero-order chi connectivity index (χ0) is 15.7. The van der Waals surface area contributed by atoms with Gasteiger partial charge in [-0.15, -0.1) is 0 Å². The van der Waals surface area contributed by atoms with E-state index in [1.807, 2.05) is 0 Å². The fourth-order valence-electron chi connectivity index (χ4n) is 3.20. The summed E-state index contributed by atoms with van der Waals surface area (Å²) in [6.45, 7) is 4.13. The molecule has 1 aliphatic carbocycles. The molecule has 0 radical (unpaired) electrons. The number of hydrogen-bond donors (Lipinski definition) is 1. The van der Waals surface area contributed by atoms with Crippen LogP contribution in [0.5, 0.6) is 5.75 Å². The van der Waals surface area contributed by atoms with Gasteiger partial charge in [0.15, 0.2) is 0 Å². The molecular formula is C18H23N3O. The van der Waals surface area contributed by atoms with Gasteiger partial charge in [0, 0.05) is 5.56 Å². The molecule has 1 heterocycles. The third kappa shape index (κ3) is 2.43. The third-order valence-electron chi connectivity index (χ3n) is 4.41. The number of nitrogens with two attached hydrogens (primary N) is 1. The normalized spacial score (nSPS) is 13.2. The molecule has 0 fully saturated rings. The Morgan fingerprint density at radius 1 is 1.05 bits per heavy atom. The van der Waals surface area contributed by atoms with Crippen molar-refractivity contribution in [1.82, 2.24) is 9.97 Å². The molecule has 0 aliphatic heterocycles. The molecule has 2 N–H and O–H groups in total. The van der Waals surface area contributed by atoms with E-state index in [4.69, 9.17) is 15.5 Å². The predicted molar refractivity (Wildman–Crippen MR) is 89.2 cm³/mol. The Labute approximate surface area is 131 Å². The molecule has 1 aromatic heterocycles. The van der Waals surface area contributed by atoms with Crippen LogP contribution in [-0.4, -0.2) is 17.1 Å². The molecule has 3 rings (SSSR count). The average molecular weight is 297 g/mol. The van der Waals surface area contributed by atoms with Crippen LogP contribution < -0.4 is 10.5 Å². The zero-order valence-corrected chi connectivity index (χ0v) is 13.6.